The van der Waals surface area contributed by atoms with Gasteiger partial charge >= 0.3 is 11.8 Å². The highest BCUT2D eigenvalue weighted by Crippen LogP contribution is 1.99. The summed E-state index contributed by atoms with van der Waals surface area (Å²) in [5.41, 5.74) is 0. The van der Waals surface area contributed by atoms with Crippen LogP contribution >= 0.6 is 0 Å². The number of carbonyl (C=O) groups is 3. The molecule has 70 valence electrons. The second kappa shape index (κ2) is 3.84. The second-order valence-corrected chi connectivity index (χ2v) is 2.60. The number of nitrogens with zero attached hydrogens (tertiary/aromatic N) is 1. The van der Waals surface area contributed by atoms with E-state index in [2.05, 4.69) is 11.9 Å². The van der Waals surface area contributed by atoms with Gasteiger partial charge in [0.2, 0.25) is 5.91 Å². The summed E-state index contributed by atoms with van der Waals surface area (Å²) in [5.74, 6) is -1.88. The number of hydrogen-bond donors (Lipinski definition) is 1. The van der Waals surface area contributed by atoms with Crippen molar-refractivity contribution in [3.8, 4) is 0 Å². The first-order valence-corrected chi connectivity index (χ1v) is 3.90. The molecule has 5 heteroatoms. The van der Waals surface area contributed by atoms with Crippen LogP contribution in [-0.4, -0.2) is 35.7 Å². The van der Waals surface area contributed by atoms with E-state index in [9.17, 15) is 14.4 Å². The van der Waals surface area contributed by atoms with Crippen LogP contribution in [0.4, 0.5) is 0 Å². The smallest absolute Gasteiger partial charge is 0.318 e. The van der Waals surface area contributed by atoms with Gasteiger partial charge < -0.3 is 5.32 Å². The summed E-state index contributed by atoms with van der Waals surface area (Å²) in [5, 5.41) is 2.35. The van der Waals surface area contributed by atoms with Gasteiger partial charge in [0.05, 0.1) is 0 Å². The molecule has 1 heterocycles. The van der Waals surface area contributed by atoms with Crippen molar-refractivity contribution in [2.75, 3.05) is 13.1 Å². The Balaban J connectivity index is 2.68. The van der Waals surface area contributed by atoms with Gasteiger partial charge in [-0.25, -0.2) is 0 Å². The van der Waals surface area contributed by atoms with Crippen molar-refractivity contribution in [2.45, 2.75) is 6.42 Å². The Hall–Kier alpha value is -1.65. The van der Waals surface area contributed by atoms with E-state index in [1.807, 2.05) is 0 Å². The predicted molar refractivity (Wildman–Crippen MR) is 44.5 cm³/mol. The van der Waals surface area contributed by atoms with Gasteiger partial charge in [0.15, 0.2) is 0 Å². The summed E-state index contributed by atoms with van der Waals surface area (Å²) >= 11 is 0. The Kier molecular flexibility index (Phi) is 2.79. The minimum Gasteiger partial charge on any atom is -0.346 e. The van der Waals surface area contributed by atoms with E-state index in [1.54, 1.807) is 0 Å². The molecule has 3 amide bonds. The average Bonchev–Trinajstić information content (AvgIpc) is 2.10. The van der Waals surface area contributed by atoms with Crippen molar-refractivity contribution < 1.29 is 14.4 Å². The number of amides is 3. The summed E-state index contributed by atoms with van der Waals surface area (Å²) in [6.07, 6.45) is 1.49. The average molecular weight is 182 g/mol. The van der Waals surface area contributed by atoms with Crippen LogP contribution in [0.15, 0.2) is 12.7 Å². The van der Waals surface area contributed by atoms with Crippen LogP contribution < -0.4 is 5.32 Å². The summed E-state index contributed by atoms with van der Waals surface area (Å²) in [4.78, 5) is 34.1. The van der Waals surface area contributed by atoms with E-state index in [-0.39, 0.29) is 18.9 Å². The maximum atomic E-state index is 11.2. The van der Waals surface area contributed by atoms with Crippen molar-refractivity contribution in [1.29, 1.82) is 0 Å². The summed E-state index contributed by atoms with van der Waals surface area (Å²) < 4.78 is 0. The van der Waals surface area contributed by atoms with Crippen LogP contribution in [0, 0.1) is 0 Å². The molecule has 1 N–H and O–H groups in total. The number of carbonyl (C=O) groups excluding carboxylic acids is 3. The van der Waals surface area contributed by atoms with Crippen molar-refractivity contribution >= 4 is 17.7 Å². The highest BCUT2D eigenvalue weighted by molar-refractivity contribution is 6.38. The van der Waals surface area contributed by atoms with Gasteiger partial charge in [-0.2, -0.15) is 0 Å². The molecular weight excluding hydrogens is 172 g/mol. The third-order valence-electron chi connectivity index (χ3n) is 1.68. The molecule has 1 fully saturated rings. The Bertz CT molecular complexity index is 273. The molecule has 0 aromatic carbocycles. The molecule has 0 aromatic heterocycles. The van der Waals surface area contributed by atoms with Crippen LogP contribution in [-0.2, 0) is 14.4 Å². The lowest BCUT2D eigenvalue weighted by Crippen LogP contribution is -2.54. The number of rotatable bonds is 2. The monoisotopic (exact) mass is 182 g/mol. The Labute approximate surface area is 75.4 Å². The molecule has 0 bridgehead atoms. The third-order valence-corrected chi connectivity index (χ3v) is 1.68. The molecule has 1 rings (SSSR count). The van der Waals surface area contributed by atoms with Crippen LogP contribution in [0.3, 0.4) is 0 Å². The Morgan fingerprint density at radius 2 is 2.31 bits per heavy atom. The molecule has 0 atom stereocenters. The molecule has 0 aromatic rings. The molecule has 0 saturated carbocycles. The van der Waals surface area contributed by atoms with E-state index >= 15 is 0 Å². The lowest BCUT2D eigenvalue weighted by molar-refractivity contribution is -0.154. The van der Waals surface area contributed by atoms with Gasteiger partial charge in [0, 0.05) is 19.5 Å². The summed E-state index contributed by atoms with van der Waals surface area (Å²) in [7, 11) is 0. The molecule has 5 nitrogen and oxygen atoms in total. The normalized spacial score (nSPS) is 16.8. The van der Waals surface area contributed by atoms with Gasteiger partial charge in [-0.3, -0.25) is 19.3 Å². The molecule has 0 radical (unpaired) electrons. The zero-order valence-electron chi connectivity index (χ0n) is 7.08. The maximum absolute atomic E-state index is 11.2. The van der Waals surface area contributed by atoms with E-state index < -0.39 is 11.8 Å². The Morgan fingerprint density at radius 1 is 1.62 bits per heavy atom. The first-order valence-electron chi connectivity index (χ1n) is 3.90. The van der Waals surface area contributed by atoms with Gasteiger partial charge in [-0.1, -0.05) is 6.08 Å². The van der Waals surface area contributed by atoms with Gasteiger partial charge in [0.1, 0.15) is 0 Å². The van der Waals surface area contributed by atoms with Crippen LogP contribution in [0.1, 0.15) is 6.42 Å². The predicted octanol–water partition coefficient (Wildman–Crippen LogP) is -0.953. The minimum absolute atomic E-state index is 0.0824. The van der Waals surface area contributed by atoms with Crippen molar-refractivity contribution in [3.05, 3.63) is 12.7 Å². The number of hydrogen-bond acceptors (Lipinski definition) is 3. The van der Waals surface area contributed by atoms with Crippen LogP contribution in [0.25, 0.3) is 0 Å². The first kappa shape index (κ1) is 9.44. The first-order chi connectivity index (χ1) is 6.16. The minimum atomic E-state index is -0.780. The van der Waals surface area contributed by atoms with Crippen molar-refractivity contribution in [1.82, 2.24) is 10.2 Å². The highest BCUT2D eigenvalue weighted by Gasteiger charge is 2.29. The summed E-state index contributed by atoms with van der Waals surface area (Å²) in [6.45, 7) is 3.95. The largest absolute Gasteiger partial charge is 0.346 e. The van der Waals surface area contributed by atoms with Crippen molar-refractivity contribution in [3.63, 3.8) is 0 Å². The van der Waals surface area contributed by atoms with E-state index in [0.717, 1.165) is 4.90 Å². The molecule has 0 unspecified atom stereocenters. The lowest BCUT2D eigenvalue weighted by Gasteiger charge is -2.23. The molecular formula is C8H10N2O3. The molecule has 1 aliphatic rings. The zero-order chi connectivity index (χ0) is 9.84. The zero-order valence-corrected chi connectivity index (χ0v) is 7.08. The van der Waals surface area contributed by atoms with Gasteiger partial charge in [-0.15, -0.1) is 6.58 Å². The molecule has 1 saturated heterocycles. The van der Waals surface area contributed by atoms with E-state index in [0.29, 0.717) is 6.54 Å². The third kappa shape index (κ3) is 1.93. The van der Waals surface area contributed by atoms with Gasteiger partial charge in [0.25, 0.3) is 0 Å². The lowest BCUT2D eigenvalue weighted by atomic mass is 10.3. The van der Waals surface area contributed by atoms with Crippen LogP contribution in [0.5, 0.6) is 0 Å². The maximum Gasteiger partial charge on any atom is 0.318 e. The van der Waals surface area contributed by atoms with E-state index in [1.165, 1.54) is 6.08 Å². The molecule has 1 aliphatic heterocycles. The van der Waals surface area contributed by atoms with Crippen molar-refractivity contribution in [2.24, 2.45) is 0 Å². The quantitative estimate of drug-likeness (QED) is 0.442. The highest BCUT2D eigenvalue weighted by atomic mass is 16.2. The second-order valence-electron chi connectivity index (χ2n) is 2.60. The van der Waals surface area contributed by atoms with E-state index in [4.69, 9.17) is 0 Å². The number of nitrogens with one attached hydrogen (secondary N) is 1. The summed E-state index contributed by atoms with van der Waals surface area (Å²) in [6, 6.07) is 0. The molecule has 0 spiro atoms. The number of piperazine rings is 1. The fourth-order valence-corrected chi connectivity index (χ4v) is 1.05. The van der Waals surface area contributed by atoms with Crippen LogP contribution in [0.2, 0.25) is 0 Å². The number of imide groups is 1. The Morgan fingerprint density at radius 3 is 2.92 bits per heavy atom. The van der Waals surface area contributed by atoms with Gasteiger partial charge in [-0.05, 0) is 0 Å². The molecule has 13 heavy (non-hydrogen) atoms. The fraction of sp³-hybridized carbons (Fsp3) is 0.375. The molecule has 0 aliphatic carbocycles. The standard InChI is InChI=1S/C8H10N2O3/c1-2-3-6(11)10-5-4-9-7(12)8(10)13/h2H,1,3-5H2,(H,9,12). The topological polar surface area (TPSA) is 66.5 Å². The SMILES string of the molecule is C=CCC(=O)N1CCNC(=O)C1=O. The fourth-order valence-electron chi connectivity index (χ4n) is 1.05.